The summed E-state index contributed by atoms with van der Waals surface area (Å²) in [4.78, 5) is 0. The number of para-hydroxylation sites is 1. The van der Waals surface area contributed by atoms with Crippen LogP contribution in [0.15, 0.2) is 162 Å². The summed E-state index contributed by atoms with van der Waals surface area (Å²) in [5.41, 5.74) is 9.24. The molecule has 0 aliphatic rings. The largest absolute Gasteiger partial charge is 0.456 e. The average Bonchev–Trinajstić information content (AvgIpc) is 3.45. The molecule has 1 aromatic heterocycles. The number of rotatable bonds is 3. The van der Waals surface area contributed by atoms with Crippen LogP contribution in [0.4, 0.5) is 0 Å². The zero-order valence-electron chi connectivity index (χ0n) is 23.4. The van der Waals surface area contributed by atoms with Gasteiger partial charge in [-0.15, -0.1) is 0 Å². The Morgan fingerprint density at radius 2 is 0.884 bits per heavy atom. The Labute approximate surface area is 249 Å². The van der Waals surface area contributed by atoms with Crippen LogP contribution < -0.4 is 0 Å². The Hall–Kier alpha value is -5.66. The number of furan rings is 1. The van der Waals surface area contributed by atoms with Crippen LogP contribution >= 0.6 is 0 Å². The lowest BCUT2D eigenvalue weighted by atomic mass is 9.84. The molecule has 9 aromatic rings. The van der Waals surface area contributed by atoms with E-state index in [4.69, 9.17) is 4.42 Å². The summed E-state index contributed by atoms with van der Waals surface area (Å²) in [6.45, 7) is 0. The first-order valence-electron chi connectivity index (χ1n) is 14.8. The molecule has 1 heterocycles. The first-order chi connectivity index (χ1) is 21.3. The zero-order chi connectivity index (χ0) is 28.3. The Kier molecular flexibility index (Phi) is 5.27. The Morgan fingerprint density at radius 3 is 1.63 bits per heavy atom. The summed E-state index contributed by atoms with van der Waals surface area (Å²) in [6.07, 6.45) is 0. The second-order valence-electron chi connectivity index (χ2n) is 11.3. The molecule has 0 unspecified atom stereocenters. The molecule has 0 aliphatic heterocycles. The van der Waals surface area contributed by atoms with Gasteiger partial charge < -0.3 is 4.42 Å². The normalized spacial score (nSPS) is 11.7. The number of hydrogen-bond acceptors (Lipinski definition) is 1. The minimum atomic E-state index is 0.916. The standard InChI is InChI=1S/C42H26O/c1-2-11-27(12-3-1)28-21-23-31-29(25-28)13-10-19-34(31)42-37-17-6-4-15-35(37)41(36-16-5-7-18-38(36)42)30-22-24-33-32-14-8-9-20-39(32)43-40(33)26-30/h1-26H. The van der Waals surface area contributed by atoms with E-state index in [-0.39, 0.29) is 0 Å². The fourth-order valence-corrected chi connectivity index (χ4v) is 6.92. The van der Waals surface area contributed by atoms with Crippen LogP contribution in [0.3, 0.4) is 0 Å². The fourth-order valence-electron chi connectivity index (χ4n) is 6.92. The van der Waals surface area contributed by atoms with Crippen molar-refractivity contribution in [3.8, 4) is 33.4 Å². The summed E-state index contributed by atoms with van der Waals surface area (Å²) >= 11 is 0. The Balaban J connectivity index is 1.33. The molecular formula is C42H26O. The van der Waals surface area contributed by atoms with E-state index in [2.05, 4.69) is 146 Å². The van der Waals surface area contributed by atoms with Gasteiger partial charge in [0.05, 0.1) is 0 Å². The van der Waals surface area contributed by atoms with Gasteiger partial charge in [0.2, 0.25) is 0 Å². The van der Waals surface area contributed by atoms with Gasteiger partial charge >= 0.3 is 0 Å². The smallest absolute Gasteiger partial charge is 0.136 e. The van der Waals surface area contributed by atoms with E-state index in [1.54, 1.807) is 0 Å². The molecule has 1 nitrogen and oxygen atoms in total. The third-order valence-corrected chi connectivity index (χ3v) is 8.86. The zero-order valence-corrected chi connectivity index (χ0v) is 23.4. The first kappa shape index (κ1) is 24.0. The van der Waals surface area contributed by atoms with Crippen LogP contribution in [0.2, 0.25) is 0 Å². The lowest BCUT2D eigenvalue weighted by Crippen LogP contribution is -1.91. The molecule has 1 heteroatoms. The van der Waals surface area contributed by atoms with Crippen molar-refractivity contribution in [3.63, 3.8) is 0 Å². The maximum Gasteiger partial charge on any atom is 0.136 e. The molecule has 0 saturated carbocycles. The number of fused-ring (bicyclic) bond motifs is 6. The summed E-state index contributed by atoms with van der Waals surface area (Å²) in [5, 5.41) is 9.78. The minimum absolute atomic E-state index is 0.916. The van der Waals surface area contributed by atoms with Gasteiger partial charge in [-0.1, -0.05) is 133 Å². The number of benzene rings is 8. The van der Waals surface area contributed by atoms with Crippen LogP contribution in [0.5, 0.6) is 0 Å². The van der Waals surface area contributed by atoms with Crippen molar-refractivity contribution < 1.29 is 4.42 Å². The topological polar surface area (TPSA) is 13.1 Å². The van der Waals surface area contributed by atoms with E-state index < -0.39 is 0 Å². The third kappa shape index (κ3) is 3.72. The third-order valence-electron chi connectivity index (χ3n) is 8.86. The van der Waals surface area contributed by atoms with Crippen molar-refractivity contribution >= 4 is 54.3 Å². The second-order valence-corrected chi connectivity index (χ2v) is 11.3. The van der Waals surface area contributed by atoms with Gasteiger partial charge in [-0.3, -0.25) is 0 Å². The van der Waals surface area contributed by atoms with Crippen molar-refractivity contribution in [2.45, 2.75) is 0 Å². The fraction of sp³-hybridized carbons (Fsp3) is 0. The van der Waals surface area contributed by atoms with E-state index in [1.807, 2.05) is 12.1 Å². The molecule has 200 valence electrons. The highest BCUT2D eigenvalue weighted by Crippen LogP contribution is 2.46. The van der Waals surface area contributed by atoms with E-state index >= 15 is 0 Å². The van der Waals surface area contributed by atoms with Crippen LogP contribution in [0.25, 0.3) is 87.6 Å². The van der Waals surface area contributed by atoms with E-state index in [0.29, 0.717) is 0 Å². The molecule has 8 aromatic carbocycles. The second kappa shape index (κ2) is 9.44. The van der Waals surface area contributed by atoms with Gasteiger partial charge in [0.1, 0.15) is 11.2 Å². The average molecular weight is 547 g/mol. The summed E-state index contributed by atoms with van der Waals surface area (Å²) in [6, 6.07) is 56.8. The van der Waals surface area contributed by atoms with E-state index in [0.717, 1.165) is 27.5 Å². The molecule has 0 atom stereocenters. The van der Waals surface area contributed by atoms with Crippen LogP contribution in [-0.2, 0) is 0 Å². The molecule has 0 radical (unpaired) electrons. The molecule has 0 spiro atoms. The molecule has 43 heavy (non-hydrogen) atoms. The molecule has 0 N–H and O–H groups in total. The van der Waals surface area contributed by atoms with Crippen LogP contribution in [0.1, 0.15) is 0 Å². The SMILES string of the molecule is c1ccc(-c2ccc3c(-c4c5ccccc5c(-c5ccc6c(c5)oc5ccccc56)c5ccccc45)cccc3c2)cc1. The quantitative estimate of drug-likeness (QED) is 0.201. The summed E-state index contributed by atoms with van der Waals surface area (Å²) < 4.78 is 6.32. The molecular weight excluding hydrogens is 520 g/mol. The van der Waals surface area contributed by atoms with Gasteiger partial charge in [-0.05, 0) is 90.0 Å². The van der Waals surface area contributed by atoms with E-state index in [9.17, 15) is 0 Å². The molecule has 9 rings (SSSR count). The summed E-state index contributed by atoms with van der Waals surface area (Å²) in [7, 11) is 0. The van der Waals surface area contributed by atoms with Gasteiger partial charge in [-0.25, -0.2) is 0 Å². The maximum absolute atomic E-state index is 6.32. The van der Waals surface area contributed by atoms with Crippen molar-refractivity contribution in [1.29, 1.82) is 0 Å². The molecule has 0 aliphatic carbocycles. The molecule has 0 amide bonds. The predicted octanol–water partition coefficient (Wildman–Crippen LogP) is 12.0. The lowest BCUT2D eigenvalue weighted by Gasteiger charge is -2.19. The highest BCUT2D eigenvalue weighted by molar-refractivity contribution is 6.24. The van der Waals surface area contributed by atoms with Crippen molar-refractivity contribution in [1.82, 2.24) is 0 Å². The minimum Gasteiger partial charge on any atom is -0.456 e. The van der Waals surface area contributed by atoms with E-state index in [1.165, 1.54) is 60.1 Å². The van der Waals surface area contributed by atoms with Gasteiger partial charge in [0.15, 0.2) is 0 Å². The monoisotopic (exact) mass is 546 g/mol. The Bertz CT molecular complexity index is 2440. The molecule has 0 bridgehead atoms. The Morgan fingerprint density at radius 1 is 0.302 bits per heavy atom. The van der Waals surface area contributed by atoms with Gasteiger partial charge in [-0.2, -0.15) is 0 Å². The highest BCUT2D eigenvalue weighted by Gasteiger charge is 2.19. The summed E-state index contributed by atoms with van der Waals surface area (Å²) in [5.74, 6) is 0. The number of hydrogen-bond donors (Lipinski definition) is 0. The van der Waals surface area contributed by atoms with Crippen molar-refractivity contribution in [3.05, 3.63) is 158 Å². The van der Waals surface area contributed by atoms with Gasteiger partial charge in [0.25, 0.3) is 0 Å². The van der Waals surface area contributed by atoms with Crippen LogP contribution in [0, 0.1) is 0 Å². The molecule has 0 fully saturated rings. The maximum atomic E-state index is 6.32. The van der Waals surface area contributed by atoms with Crippen LogP contribution in [-0.4, -0.2) is 0 Å². The highest BCUT2D eigenvalue weighted by atomic mass is 16.3. The van der Waals surface area contributed by atoms with Crippen molar-refractivity contribution in [2.24, 2.45) is 0 Å². The molecule has 0 saturated heterocycles. The van der Waals surface area contributed by atoms with Gasteiger partial charge in [0, 0.05) is 10.8 Å². The predicted molar refractivity (Wildman–Crippen MR) is 183 cm³/mol. The lowest BCUT2D eigenvalue weighted by molar-refractivity contribution is 0.669. The van der Waals surface area contributed by atoms with Crippen molar-refractivity contribution in [2.75, 3.05) is 0 Å². The first-order valence-corrected chi connectivity index (χ1v) is 14.8.